The van der Waals surface area contributed by atoms with Crippen LogP contribution >= 0.6 is 0 Å². The third-order valence-corrected chi connectivity index (χ3v) is 3.56. The molecule has 0 radical (unpaired) electrons. The fraction of sp³-hybridized carbons (Fsp3) is 0.643. The molecule has 1 aromatic rings. The zero-order chi connectivity index (χ0) is 15.4. The van der Waals surface area contributed by atoms with Gasteiger partial charge in [0.2, 0.25) is 5.91 Å². The molecule has 21 heavy (non-hydrogen) atoms. The van der Waals surface area contributed by atoms with Gasteiger partial charge in [0.25, 0.3) is 0 Å². The van der Waals surface area contributed by atoms with Gasteiger partial charge in [-0.3, -0.25) is 9.59 Å². The quantitative estimate of drug-likeness (QED) is 0.741. The molecule has 0 saturated carbocycles. The molecule has 0 fully saturated rings. The van der Waals surface area contributed by atoms with E-state index in [-0.39, 0.29) is 18.5 Å². The number of amides is 1. The fourth-order valence-corrected chi connectivity index (χ4v) is 2.59. The highest BCUT2D eigenvalue weighted by Crippen LogP contribution is 2.29. The van der Waals surface area contributed by atoms with E-state index in [1.807, 2.05) is 11.5 Å². The lowest BCUT2D eigenvalue weighted by atomic mass is 9.98. The normalized spacial score (nSPS) is 17.5. The number of hydrogen-bond donors (Lipinski definition) is 0. The van der Waals surface area contributed by atoms with Gasteiger partial charge in [0.15, 0.2) is 0 Å². The minimum atomic E-state index is -0.489. The van der Waals surface area contributed by atoms with Crippen molar-refractivity contribution in [1.82, 2.24) is 14.5 Å². The molecule has 0 N–H and O–H groups in total. The van der Waals surface area contributed by atoms with E-state index < -0.39 is 5.92 Å². The zero-order valence-electron chi connectivity index (χ0n) is 12.7. The highest BCUT2D eigenvalue weighted by molar-refractivity contribution is 5.82. The summed E-state index contributed by atoms with van der Waals surface area (Å²) in [5.41, 5.74) is 1.61. The lowest BCUT2D eigenvalue weighted by Gasteiger charge is -2.31. The summed E-state index contributed by atoms with van der Waals surface area (Å²) >= 11 is 0. The van der Waals surface area contributed by atoms with Crippen molar-refractivity contribution < 1.29 is 19.1 Å². The molecule has 1 unspecified atom stereocenters. The van der Waals surface area contributed by atoms with Crippen LogP contribution in [-0.4, -0.2) is 53.2 Å². The molecule has 1 aliphatic rings. The van der Waals surface area contributed by atoms with Crippen molar-refractivity contribution in [3.8, 4) is 0 Å². The number of aromatic nitrogens is 2. The Hall–Kier alpha value is -1.89. The molecule has 0 spiro atoms. The first-order valence-electron chi connectivity index (χ1n) is 7.09. The average molecular weight is 295 g/mol. The second-order valence-electron chi connectivity index (χ2n) is 4.87. The average Bonchev–Trinajstić information content (AvgIpc) is 2.89. The Morgan fingerprint density at radius 1 is 1.43 bits per heavy atom. The van der Waals surface area contributed by atoms with Crippen LogP contribution < -0.4 is 0 Å². The maximum Gasteiger partial charge on any atom is 0.316 e. The monoisotopic (exact) mass is 295 g/mol. The smallest absolute Gasteiger partial charge is 0.316 e. The van der Waals surface area contributed by atoms with Crippen molar-refractivity contribution in [3.05, 3.63) is 17.7 Å². The molecule has 2 rings (SSSR count). The first-order chi connectivity index (χ1) is 10.1. The minimum absolute atomic E-state index is 0.000630. The van der Waals surface area contributed by atoms with Crippen molar-refractivity contribution in [1.29, 1.82) is 0 Å². The van der Waals surface area contributed by atoms with Crippen LogP contribution in [0.15, 0.2) is 6.33 Å². The molecule has 1 amide bonds. The Kier molecular flexibility index (Phi) is 4.95. The molecule has 0 aliphatic carbocycles. The largest absolute Gasteiger partial charge is 0.465 e. The van der Waals surface area contributed by atoms with Gasteiger partial charge in [-0.15, -0.1) is 0 Å². The number of nitrogens with zero attached hydrogens (tertiary/aromatic N) is 3. The molecule has 116 valence electrons. The zero-order valence-corrected chi connectivity index (χ0v) is 12.7. The Balaban J connectivity index is 2.31. The summed E-state index contributed by atoms with van der Waals surface area (Å²) in [4.78, 5) is 30.2. The van der Waals surface area contributed by atoms with Gasteiger partial charge in [-0.05, 0) is 13.8 Å². The summed E-state index contributed by atoms with van der Waals surface area (Å²) in [6.07, 6.45) is 1.71. The van der Waals surface area contributed by atoms with Crippen LogP contribution in [0.4, 0.5) is 0 Å². The Labute approximate surface area is 123 Å². The van der Waals surface area contributed by atoms with E-state index in [1.54, 1.807) is 18.2 Å². The van der Waals surface area contributed by atoms with Crippen LogP contribution in [-0.2, 0) is 32.2 Å². The van der Waals surface area contributed by atoms with Gasteiger partial charge in [0.05, 0.1) is 30.9 Å². The number of aryl methyl sites for hydroxylation is 1. The molecule has 0 saturated heterocycles. The fourth-order valence-electron chi connectivity index (χ4n) is 2.59. The highest BCUT2D eigenvalue weighted by atomic mass is 16.5. The van der Waals surface area contributed by atoms with Crippen molar-refractivity contribution in [2.45, 2.75) is 32.9 Å². The summed E-state index contributed by atoms with van der Waals surface area (Å²) < 4.78 is 12.0. The maximum absolute atomic E-state index is 12.2. The number of esters is 1. The van der Waals surface area contributed by atoms with Crippen LogP contribution in [0.3, 0.4) is 0 Å². The molecule has 1 aliphatic heterocycles. The molecule has 2 heterocycles. The first kappa shape index (κ1) is 15.5. The van der Waals surface area contributed by atoms with Gasteiger partial charge in [0, 0.05) is 20.2 Å². The summed E-state index contributed by atoms with van der Waals surface area (Å²) in [6.45, 7) is 5.51. The third kappa shape index (κ3) is 3.07. The van der Waals surface area contributed by atoms with Crippen LogP contribution in [0, 0.1) is 0 Å². The van der Waals surface area contributed by atoms with Gasteiger partial charge in [0.1, 0.15) is 12.5 Å². The van der Waals surface area contributed by atoms with Crippen LogP contribution in [0.5, 0.6) is 0 Å². The molecular weight excluding hydrogens is 274 g/mol. The Morgan fingerprint density at radius 2 is 2.19 bits per heavy atom. The molecule has 1 aromatic heterocycles. The van der Waals surface area contributed by atoms with Crippen molar-refractivity contribution in [3.63, 3.8) is 0 Å². The summed E-state index contributed by atoms with van der Waals surface area (Å²) in [5.74, 6) is -0.954. The van der Waals surface area contributed by atoms with E-state index in [9.17, 15) is 9.59 Å². The summed E-state index contributed by atoms with van der Waals surface area (Å²) in [6, 6.07) is 0. The lowest BCUT2D eigenvalue weighted by molar-refractivity contribution is -0.147. The van der Waals surface area contributed by atoms with E-state index >= 15 is 0 Å². The van der Waals surface area contributed by atoms with Crippen molar-refractivity contribution in [2.24, 2.45) is 0 Å². The van der Waals surface area contributed by atoms with Gasteiger partial charge in [-0.25, -0.2) is 4.98 Å². The van der Waals surface area contributed by atoms with Gasteiger partial charge in [-0.1, -0.05) is 0 Å². The number of fused-ring (bicyclic) bond motifs is 1. The van der Waals surface area contributed by atoms with Gasteiger partial charge in [-0.2, -0.15) is 0 Å². The number of ether oxygens (including phenoxy) is 2. The Bertz CT molecular complexity index is 526. The lowest BCUT2D eigenvalue weighted by Crippen LogP contribution is -2.43. The predicted octanol–water partition coefficient (Wildman–Crippen LogP) is 0.538. The van der Waals surface area contributed by atoms with E-state index in [0.29, 0.717) is 19.7 Å². The SMILES string of the molecule is CCOC(=O)C1CN(C(=O)COC)Cc2ncn(CC)c21. The summed E-state index contributed by atoms with van der Waals surface area (Å²) in [5, 5.41) is 0. The Morgan fingerprint density at radius 3 is 2.81 bits per heavy atom. The standard InChI is InChI=1S/C14H21N3O4/c1-4-16-9-15-11-7-17(12(18)8-20-3)6-10(13(11)16)14(19)21-5-2/h9-10H,4-8H2,1-3H3. The number of methoxy groups -OCH3 is 1. The molecule has 7 nitrogen and oxygen atoms in total. The minimum Gasteiger partial charge on any atom is -0.465 e. The predicted molar refractivity (Wildman–Crippen MR) is 74.6 cm³/mol. The third-order valence-electron chi connectivity index (χ3n) is 3.56. The van der Waals surface area contributed by atoms with Gasteiger partial charge >= 0.3 is 5.97 Å². The number of imidazole rings is 1. The summed E-state index contributed by atoms with van der Waals surface area (Å²) in [7, 11) is 1.47. The van der Waals surface area contributed by atoms with E-state index in [2.05, 4.69) is 4.98 Å². The molecule has 0 bridgehead atoms. The highest BCUT2D eigenvalue weighted by Gasteiger charge is 2.36. The van der Waals surface area contributed by atoms with Gasteiger partial charge < -0.3 is 18.9 Å². The molecular formula is C14H21N3O4. The van der Waals surface area contributed by atoms with Crippen LogP contribution in [0.1, 0.15) is 31.2 Å². The van der Waals surface area contributed by atoms with Crippen LogP contribution in [0.2, 0.25) is 0 Å². The number of carbonyl (C=O) groups is 2. The topological polar surface area (TPSA) is 73.7 Å². The molecule has 0 aromatic carbocycles. The molecule has 7 heteroatoms. The van der Waals surface area contributed by atoms with E-state index in [4.69, 9.17) is 9.47 Å². The van der Waals surface area contributed by atoms with E-state index in [1.165, 1.54) is 7.11 Å². The van der Waals surface area contributed by atoms with E-state index in [0.717, 1.165) is 17.9 Å². The van der Waals surface area contributed by atoms with Crippen molar-refractivity contribution >= 4 is 11.9 Å². The number of rotatable bonds is 5. The van der Waals surface area contributed by atoms with Crippen LogP contribution in [0.25, 0.3) is 0 Å². The maximum atomic E-state index is 12.2. The second kappa shape index (κ2) is 6.71. The number of hydrogen-bond acceptors (Lipinski definition) is 5. The van der Waals surface area contributed by atoms with Crippen molar-refractivity contribution in [2.75, 3.05) is 26.9 Å². The first-order valence-corrected chi connectivity index (χ1v) is 7.09. The number of carbonyl (C=O) groups excluding carboxylic acids is 2. The second-order valence-corrected chi connectivity index (χ2v) is 4.87. The molecule has 1 atom stereocenters.